The van der Waals surface area contributed by atoms with Gasteiger partial charge in [0.05, 0.1) is 23.8 Å². The van der Waals surface area contributed by atoms with Crippen LogP contribution in [0.5, 0.6) is 23.0 Å². The number of rotatable bonds is 2. The molecule has 164 valence electrons. The summed E-state index contributed by atoms with van der Waals surface area (Å²) in [5.74, 6) is 1.90. The summed E-state index contributed by atoms with van der Waals surface area (Å²) in [6, 6.07) is 6.86. The maximum absolute atomic E-state index is 13.7. The molecule has 0 saturated carbocycles. The molecular formula is C26H24O6. The topological polar surface area (TPSA) is 78.1 Å². The summed E-state index contributed by atoms with van der Waals surface area (Å²) in [7, 11) is 1.59. The maximum atomic E-state index is 13.7. The highest BCUT2D eigenvalue weighted by atomic mass is 16.5. The first kappa shape index (κ1) is 20.2. The van der Waals surface area contributed by atoms with Crippen molar-refractivity contribution in [1.82, 2.24) is 0 Å². The lowest BCUT2D eigenvalue weighted by Gasteiger charge is -2.29. The molecule has 0 fully saturated rings. The lowest BCUT2D eigenvalue weighted by atomic mass is 9.94. The number of phenolic OH excluding ortho intramolecular Hbond substituents is 1. The van der Waals surface area contributed by atoms with Crippen molar-refractivity contribution in [3.05, 3.63) is 63.3 Å². The van der Waals surface area contributed by atoms with Crippen LogP contribution in [0.25, 0.3) is 28.4 Å². The van der Waals surface area contributed by atoms with Crippen molar-refractivity contribution in [3.63, 3.8) is 0 Å². The lowest BCUT2D eigenvalue weighted by Crippen LogP contribution is -2.28. The molecule has 2 aliphatic rings. The van der Waals surface area contributed by atoms with E-state index in [4.69, 9.17) is 18.6 Å². The van der Waals surface area contributed by atoms with E-state index in [2.05, 4.69) is 0 Å². The molecule has 6 heteroatoms. The van der Waals surface area contributed by atoms with Gasteiger partial charge in [-0.1, -0.05) is 5.57 Å². The number of methoxy groups -OCH3 is 1. The third-order valence-corrected chi connectivity index (χ3v) is 5.66. The number of hydrogen-bond acceptors (Lipinski definition) is 6. The first-order valence-corrected chi connectivity index (χ1v) is 10.4. The summed E-state index contributed by atoms with van der Waals surface area (Å²) >= 11 is 0. The molecule has 0 bridgehead atoms. The second-order valence-electron chi connectivity index (χ2n) is 8.87. The van der Waals surface area contributed by atoms with E-state index in [-0.39, 0.29) is 22.1 Å². The molecule has 1 N–H and O–H groups in total. The maximum Gasteiger partial charge on any atom is 0.204 e. The molecule has 5 rings (SSSR count). The minimum absolute atomic E-state index is 0.114. The molecule has 32 heavy (non-hydrogen) atoms. The van der Waals surface area contributed by atoms with Crippen LogP contribution in [0.4, 0.5) is 0 Å². The number of ether oxygens (including phenoxy) is 3. The minimum Gasteiger partial charge on any atom is -0.507 e. The fourth-order valence-electron chi connectivity index (χ4n) is 4.19. The van der Waals surface area contributed by atoms with Crippen molar-refractivity contribution in [3.8, 4) is 34.3 Å². The molecule has 1 aromatic heterocycles. The van der Waals surface area contributed by atoms with Gasteiger partial charge in [0.15, 0.2) is 5.58 Å². The van der Waals surface area contributed by atoms with Crippen LogP contribution in [0.2, 0.25) is 0 Å². The lowest BCUT2D eigenvalue weighted by molar-refractivity contribution is 0.158. The van der Waals surface area contributed by atoms with E-state index in [9.17, 15) is 9.90 Å². The van der Waals surface area contributed by atoms with Crippen LogP contribution >= 0.6 is 0 Å². The molecule has 0 radical (unpaired) electrons. The molecule has 0 spiro atoms. The molecule has 2 aromatic carbocycles. The molecule has 1 atom stereocenters. The monoisotopic (exact) mass is 432 g/mol. The normalized spacial score (nSPS) is 17.5. The second kappa shape index (κ2) is 6.92. The van der Waals surface area contributed by atoms with Crippen LogP contribution in [0, 0.1) is 0 Å². The molecule has 0 amide bonds. The van der Waals surface area contributed by atoms with Crippen LogP contribution in [0.3, 0.4) is 0 Å². The van der Waals surface area contributed by atoms with Gasteiger partial charge in [0.2, 0.25) is 5.43 Å². The fourth-order valence-corrected chi connectivity index (χ4v) is 4.19. The summed E-state index contributed by atoms with van der Waals surface area (Å²) in [6.07, 6.45) is 4.98. The van der Waals surface area contributed by atoms with E-state index in [1.807, 2.05) is 52.0 Å². The molecule has 3 heterocycles. The van der Waals surface area contributed by atoms with E-state index >= 15 is 0 Å². The molecule has 0 unspecified atom stereocenters. The van der Waals surface area contributed by atoms with E-state index < -0.39 is 11.7 Å². The van der Waals surface area contributed by atoms with Crippen LogP contribution < -0.4 is 19.6 Å². The Kier molecular flexibility index (Phi) is 4.38. The summed E-state index contributed by atoms with van der Waals surface area (Å²) in [5, 5.41) is 10.9. The fraction of sp³-hybridized carbons (Fsp3) is 0.269. The third kappa shape index (κ3) is 3.06. The van der Waals surface area contributed by atoms with Crippen molar-refractivity contribution in [2.45, 2.75) is 39.4 Å². The number of benzene rings is 2. The van der Waals surface area contributed by atoms with Gasteiger partial charge in [0.1, 0.15) is 45.8 Å². The van der Waals surface area contributed by atoms with Gasteiger partial charge in [0, 0.05) is 12.1 Å². The van der Waals surface area contributed by atoms with Gasteiger partial charge in [-0.25, -0.2) is 0 Å². The van der Waals surface area contributed by atoms with E-state index in [1.165, 1.54) is 6.07 Å². The van der Waals surface area contributed by atoms with Crippen molar-refractivity contribution >= 4 is 17.0 Å². The highest BCUT2D eigenvalue weighted by molar-refractivity contribution is 5.95. The standard InChI is InChI=1S/C26H24O6/c1-13(2)10-20-22-23(28)21-17(27)12-19-16(8-9-26(3,4)32-19)24(21)31-25(22)15-7-6-14(29-5)11-18(15)30-20/h6-12,20,27H,1-5H3/t20-/m0/s1. The zero-order valence-corrected chi connectivity index (χ0v) is 18.6. The molecular weight excluding hydrogens is 408 g/mol. The summed E-state index contributed by atoms with van der Waals surface area (Å²) < 4.78 is 23.9. The number of allylic oxidation sites excluding steroid dienone is 1. The highest BCUT2D eigenvalue weighted by Crippen LogP contribution is 2.47. The van der Waals surface area contributed by atoms with Crippen LogP contribution in [-0.2, 0) is 0 Å². The largest absolute Gasteiger partial charge is 0.507 e. The van der Waals surface area contributed by atoms with Crippen LogP contribution in [0.1, 0.15) is 44.9 Å². The smallest absolute Gasteiger partial charge is 0.204 e. The Hall–Kier alpha value is -3.67. The van der Waals surface area contributed by atoms with E-state index in [1.54, 1.807) is 19.2 Å². The van der Waals surface area contributed by atoms with Crippen molar-refractivity contribution < 1.29 is 23.7 Å². The molecule has 6 nitrogen and oxygen atoms in total. The average Bonchev–Trinajstić information content (AvgIpc) is 2.71. The van der Waals surface area contributed by atoms with Gasteiger partial charge >= 0.3 is 0 Å². The predicted octanol–water partition coefficient (Wildman–Crippen LogP) is 5.76. The predicted molar refractivity (Wildman–Crippen MR) is 123 cm³/mol. The zero-order valence-electron chi connectivity index (χ0n) is 18.6. The molecule has 0 saturated heterocycles. The van der Waals surface area contributed by atoms with Crippen LogP contribution in [0.15, 0.2) is 51.2 Å². The minimum atomic E-state index is -0.656. The van der Waals surface area contributed by atoms with Gasteiger partial charge in [0.25, 0.3) is 0 Å². The SMILES string of the molecule is COc1ccc2c(c1)O[C@@H](C=C(C)C)c1c-2oc2c3c(cc(O)c2c1=O)OC(C)(C)C=C3. The quantitative estimate of drug-likeness (QED) is 0.519. The molecule has 3 aromatic rings. The first-order valence-electron chi connectivity index (χ1n) is 10.4. The Morgan fingerprint density at radius 3 is 2.69 bits per heavy atom. The first-order chi connectivity index (χ1) is 15.2. The van der Waals surface area contributed by atoms with Gasteiger partial charge in [-0.2, -0.15) is 0 Å². The Labute approximate surface area is 185 Å². The van der Waals surface area contributed by atoms with Gasteiger partial charge < -0.3 is 23.7 Å². The highest BCUT2D eigenvalue weighted by Gasteiger charge is 2.34. The van der Waals surface area contributed by atoms with Crippen molar-refractivity contribution in [2.75, 3.05) is 7.11 Å². The third-order valence-electron chi connectivity index (χ3n) is 5.66. The Bertz CT molecular complexity index is 1390. The Morgan fingerprint density at radius 2 is 1.97 bits per heavy atom. The van der Waals surface area contributed by atoms with E-state index in [0.29, 0.717) is 39.7 Å². The zero-order chi connectivity index (χ0) is 22.8. The molecule has 2 aliphatic heterocycles. The van der Waals surface area contributed by atoms with Gasteiger partial charge in [-0.3, -0.25) is 4.79 Å². The number of phenols is 1. The second-order valence-corrected chi connectivity index (χ2v) is 8.87. The van der Waals surface area contributed by atoms with Crippen molar-refractivity contribution in [2.24, 2.45) is 0 Å². The Balaban J connectivity index is 1.88. The summed E-state index contributed by atoms with van der Waals surface area (Å²) in [5.41, 5.74) is 2.04. The van der Waals surface area contributed by atoms with Crippen LogP contribution in [-0.4, -0.2) is 17.8 Å². The van der Waals surface area contributed by atoms with Crippen molar-refractivity contribution in [1.29, 1.82) is 0 Å². The summed E-state index contributed by atoms with van der Waals surface area (Å²) in [4.78, 5) is 13.7. The number of fused-ring (bicyclic) bond motifs is 6. The number of hydrogen-bond donors (Lipinski definition) is 1. The van der Waals surface area contributed by atoms with Gasteiger partial charge in [-0.15, -0.1) is 0 Å². The molecule has 0 aliphatic carbocycles. The number of aromatic hydroxyl groups is 1. The van der Waals surface area contributed by atoms with Gasteiger partial charge in [-0.05, 0) is 58.1 Å². The van der Waals surface area contributed by atoms with E-state index in [0.717, 1.165) is 5.57 Å². The summed E-state index contributed by atoms with van der Waals surface area (Å²) in [6.45, 7) is 7.71. The Morgan fingerprint density at radius 1 is 1.19 bits per heavy atom. The average molecular weight is 432 g/mol.